The minimum absolute atomic E-state index is 0.453. The summed E-state index contributed by atoms with van der Waals surface area (Å²) in [6.07, 6.45) is 2.40. The van der Waals surface area contributed by atoms with Crippen LogP contribution in [0.25, 0.3) is 0 Å². The molecule has 0 spiro atoms. The van der Waals surface area contributed by atoms with Crippen molar-refractivity contribution in [1.29, 1.82) is 0 Å². The molecular formula is C11H18BrNS. The molecule has 1 aromatic rings. The number of rotatable bonds is 5. The van der Waals surface area contributed by atoms with Gasteiger partial charge in [0, 0.05) is 21.4 Å². The first kappa shape index (κ1) is 12.2. The van der Waals surface area contributed by atoms with E-state index in [2.05, 4.69) is 53.5 Å². The Hall–Kier alpha value is 0.140. The van der Waals surface area contributed by atoms with E-state index in [1.54, 1.807) is 0 Å². The summed E-state index contributed by atoms with van der Waals surface area (Å²) in [7, 11) is 0. The molecule has 1 nitrogen and oxygen atoms in total. The van der Waals surface area contributed by atoms with Crippen molar-refractivity contribution in [3.63, 3.8) is 0 Å². The summed E-state index contributed by atoms with van der Waals surface area (Å²) in [4.78, 5) is 1.40. The summed E-state index contributed by atoms with van der Waals surface area (Å²) >= 11 is 5.38. The highest BCUT2D eigenvalue weighted by atomic mass is 79.9. The average Bonchev–Trinajstić information content (AvgIpc) is 2.60. The van der Waals surface area contributed by atoms with Crippen LogP contribution in [0, 0.1) is 0 Å². The second-order valence-electron chi connectivity index (χ2n) is 3.53. The van der Waals surface area contributed by atoms with Gasteiger partial charge >= 0.3 is 0 Å². The molecule has 0 aliphatic rings. The third kappa shape index (κ3) is 3.07. The van der Waals surface area contributed by atoms with E-state index in [-0.39, 0.29) is 0 Å². The molecule has 0 saturated carbocycles. The Kier molecular flexibility index (Phi) is 5.13. The summed E-state index contributed by atoms with van der Waals surface area (Å²) < 4.78 is 1.23. The first-order chi connectivity index (χ1) is 6.69. The molecule has 0 aliphatic heterocycles. The molecule has 1 atom stereocenters. The van der Waals surface area contributed by atoms with Crippen molar-refractivity contribution < 1.29 is 0 Å². The fourth-order valence-electron chi connectivity index (χ4n) is 1.57. The van der Waals surface area contributed by atoms with Crippen molar-refractivity contribution in [2.45, 2.75) is 45.7 Å². The van der Waals surface area contributed by atoms with Crippen LogP contribution in [0.15, 0.2) is 15.9 Å². The van der Waals surface area contributed by atoms with Crippen molar-refractivity contribution in [3.8, 4) is 0 Å². The highest BCUT2D eigenvalue weighted by Gasteiger charge is 2.13. The Morgan fingerprint density at radius 2 is 2.07 bits per heavy atom. The lowest BCUT2D eigenvalue weighted by atomic mass is 10.1. The summed E-state index contributed by atoms with van der Waals surface area (Å²) in [6, 6.07) is 3.21. The van der Waals surface area contributed by atoms with Gasteiger partial charge in [-0.1, -0.05) is 13.8 Å². The van der Waals surface area contributed by atoms with Gasteiger partial charge in [0.2, 0.25) is 0 Å². The first-order valence-electron chi connectivity index (χ1n) is 5.17. The molecule has 14 heavy (non-hydrogen) atoms. The molecule has 1 aromatic heterocycles. The van der Waals surface area contributed by atoms with Crippen LogP contribution in [-0.4, -0.2) is 6.04 Å². The molecular weight excluding hydrogens is 258 g/mol. The van der Waals surface area contributed by atoms with Gasteiger partial charge in [-0.2, -0.15) is 0 Å². The predicted octanol–water partition coefficient (Wildman–Crippen LogP) is 4.35. The Morgan fingerprint density at radius 3 is 2.50 bits per heavy atom. The molecule has 0 aromatic carbocycles. The van der Waals surface area contributed by atoms with Crippen molar-refractivity contribution in [1.82, 2.24) is 5.32 Å². The minimum atomic E-state index is 0.453. The van der Waals surface area contributed by atoms with Gasteiger partial charge in [-0.05, 0) is 47.1 Å². The van der Waals surface area contributed by atoms with Gasteiger partial charge in [0.05, 0.1) is 0 Å². The van der Waals surface area contributed by atoms with Crippen LogP contribution in [-0.2, 0) is 0 Å². The van der Waals surface area contributed by atoms with E-state index < -0.39 is 0 Å². The Labute approximate surface area is 99.0 Å². The Balaban J connectivity index is 2.58. The molecule has 0 aliphatic carbocycles. The topological polar surface area (TPSA) is 12.0 Å². The third-order valence-electron chi connectivity index (χ3n) is 2.51. The van der Waals surface area contributed by atoms with Gasteiger partial charge in [0.1, 0.15) is 0 Å². The quantitative estimate of drug-likeness (QED) is 0.843. The molecule has 1 rings (SSSR count). The molecule has 1 N–H and O–H groups in total. The van der Waals surface area contributed by atoms with Crippen LogP contribution < -0.4 is 5.32 Å². The molecule has 1 heterocycles. The van der Waals surface area contributed by atoms with Crippen molar-refractivity contribution in [3.05, 3.63) is 20.8 Å². The first-order valence-corrected chi connectivity index (χ1v) is 6.85. The predicted molar refractivity (Wildman–Crippen MR) is 67.9 cm³/mol. The lowest BCUT2D eigenvalue weighted by Crippen LogP contribution is -2.30. The van der Waals surface area contributed by atoms with E-state index in [4.69, 9.17) is 0 Å². The summed E-state index contributed by atoms with van der Waals surface area (Å²) in [5.74, 6) is 0. The molecule has 3 heteroatoms. The highest BCUT2D eigenvalue weighted by molar-refractivity contribution is 9.10. The number of nitrogens with one attached hydrogen (secondary N) is 1. The number of hydrogen-bond acceptors (Lipinski definition) is 2. The van der Waals surface area contributed by atoms with Gasteiger partial charge < -0.3 is 5.32 Å². The molecule has 1 unspecified atom stereocenters. The van der Waals surface area contributed by atoms with Crippen LogP contribution in [0.2, 0.25) is 0 Å². The zero-order chi connectivity index (χ0) is 10.6. The van der Waals surface area contributed by atoms with Crippen LogP contribution in [0.4, 0.5) is 0 Å². The molecule has 0 amide bonds. The van der Waals surface area contributed by atoms with Gasteiger partial charge in [0.25, 0.3) is 0 Å². The Bertz CT molecular complexity index is 268. The maximum absolute atomic E-state index is 3.64. The van der Waals surface area contributed by atoms with Crippen molar-refractivity contribution >= 4 is 27.3 Å². The van der Waals surface area contributed by atoms with Crippen LogP contribution >= 0.6 is 27.3 Å². The van der Waals surface area contributed by atoms with E-state index in [9.17, 15) is 0 Å². The maximum atomic E-state index is 3.64. The summed E-state index contributed by atoms with van der Waals surface area (Å²) in [5.41, 5.74) is 0. The standard InChI is InChI=1S/C11H18BrNS/c1-4-9(5-2)13-8(3)11-10(12)6-7-14-11/h6-9,13H,4-5H2,1-3H3. The molecule has 80 valence electrons. The van der Waals surface area contributed by atoms with Crippen molar-refractivity contribution in [2.75, 3.05) is 0 Å². The maximum Gasteiger partial charge on any atom is 0.0399 e. The molecule has 0 bridgehead atoms. The lowest BCUT2D eigenvalue weighted by Gasteiger charge is -2.20. The van der Waals surface area contributed by atoms with Crippen LogP contribution in [0.3, 0.4) is 0 Å². The number of halogens is 1. The molecule has 0 radical (unpaired) electrons. The molecule has 0 fully saturated rings. The van der Waals surface area contributed by atoms with Crippen molar-refractivity contribution in [2.24, 2.45) is 0 Å². The van der Waals surface area contributed by atoms with Gasteiger partial charge in [-0.3, -0.25) is 0 Å². The SMILES string of the molecule is CCC(CC)NC(C)c1sccc1Br. The zero-order valence-corrected chi connectivity index (χ0v) is 11.4. The normalized spacial score (nSPS) is 13.5. The second kappa shape index (κ2) is 5.89. The minimum Gasteiger partial charge on any atom is -0.307 e. The fourth-order valence-corrected chi connectivity index (χ4v) is 3.30. The number of thiophene rings is 1. The van der Waals surface area contributed by atoms with Gasteiger partial charge in [0.15, 0.2) is 0 Å². The van der Waals surface area contributed by atoms with E-state index in [1.165, 1.54) is 22.2 Å². The van der Waals surface area contributed by atoms with E-state index >= 15 is 0 Å². The zero-order valence-electron chi connectivity index (χ0n) is 9.01. The fraction of sp³-hybridized carbons (Fsp3) is 0.636. The van der Waals surface area contributed by atoms with Crippen LogP contribution in [0.5, 0.6) is 0 Å². The second-order valence-corrected chi connectivity index (χ2v) is 5.34. The van der Waals surface area contributed by atoms with E-state index in [0.29, 0.717) is 12.1 Å². The van der Waals surface area contributed by atoms with Crippen LogP contribution in [0.1, 0.15) is 44.5 Å². The monoisotopic (exact) mass is 275 g/mol. The summed E-state index contributed by atoms with van der Waals surface area (Å²) in [6.45, 7) is 6.70. The van der Waals surface area contributed by atoms with Gasteiger partial charge in [-0.25, -0.2) is 0 Å². The lowest BCUT2D eigenvalue weighted by molar-refractivity contribution is 0.435. The smallest absolute Gasteiger partial charge is 0.0399 e. The number of hydrogen-bond donors (Lipinski definition) is 1. The molecule has 0 saturated heterocycles. The van der Waals surface area contributed by atoms with E-state index in [0.717, 1.165) is 0 Å². The third-order valence-corrected chi connectivity index (χ3v) is 4.56. The van der Waals surface area contributed by atoms with Gasteiger partial charge in [-0.15, -0.1) is 11.3 Å². The highest BCUT2D eigenvalue weighted by Crippen LogP contribution is 2.29. The van der Waals surface area contributed by atoms with E-state index in [1.807, 2.05) is 11.3 Å². The summed E-state index contributed by atoms with van der Waals surface area (Å²) in [5, 5.41) is 5.77. The largest absolute Gasteiger partial charge is 0.307 e. The average molecular weight is 276 g/mol. The Morgan fingerprint density at radius 1 is 1.43 bits per heavy atom.